The highest BCUT2D eigenvalue weighted by Crippen LogP contribution is 2.20. The van der Waals surface area contributed by atoms with Crippen molar-refractivity contribution in [1.29, 1.82) is 5.26 Å². The van der Waals surface area contributed by atoms with Gasteiger partial charge in [-0.1, -0.05) is 54.6 Å². The Kier molecular flexibility index (Phi) is 6.62. The van der Waals surface area contributed by atoms with Gasteiger partial charge in [-0.25, -0.2) is 8.42 Å². The molecule has 0 amide bonds. The molecule has 0 aliphatic carbocycles. The highest BCUT2D eigenvalue weighted by Gasteiger charge is 2.23. The summed E-state index contributed by atoms with van der Waals surface area (Å²) >= 11 is 0. The number of sulfonamides is 1. The molecular weight excluding hydrogens is 400 g/mol. The van der Waals surface area contributed by atoms with E-state index in [1.807, 2.05) is 60.7 Å². The van der Waals surface area contributed by atoms with Crippen LogP contribution in [0.25, 0.3) is 11.1 Å². The summed E-state index contributed by atoms with van der Waals surface area (Å²) in [5.74, 6) is -0.651. The maximum Gasteiger partial charge on any atom is 0.321 e. The fourth-order valence-corrected chi connectivity index (χ4v) is 3.90. The maximum atomic E-state index is 12.5. The standard InChI is InChI=1S/C23H20N2O4S/c1-25(30(27,28)22-13-9-18(15-24)10-14-22)16-23(26)29-17-19-7-11-21(12-8-19)20-5-3-2-4-6-20/h2-14H,16-17H2,1H3. The summed E-state index contributed by atoms with van der Waals surface area (Å²) in [5.41, 5.74) is 3.31. The molecule has 152 valence electrons. The summed E-state index contributed by atoms with van der Waals surface area (Å²) < 4.78 is 31.2. The number of hydrogen-bond donors (Lipinski definition) is 0. The number of carbonyl (C=O) groups is 1. The van der Waals surface area contributed by atoms with Crippen molar-refractivity contribution in [2.24, 2.45) is 0 Å². The Labute approximate surface area is 176 Å². The van der Waals surface area contributed by atoms with E-state index in [0.717, 1.165) is 21.0 Å². The van der Waals surface area contributed by atoms with Crippen LogP contribution >= 0.6 is 0 Å². The average molecular weight is 420 g/mol. The molecule has 6 nitrogen and oxygen atoms in total. The number of ether oxygens (including phenoxy) is 1. The molecule has 0 atom stereocenters. The van der Waals surface area contributed by atoms with Gasteiger partial charge in [-0.05, 0) is 41.0 Å². The Bertz CT molecular complexity index is 1150. The molecule has 3 rings (SSSR count). The van der Waals surface area contributed by atoms with E-state index < -0.39 is 22.5 Å². The third kappa shape index (κ3) is 5.11. The molecule has 0 saturated heterocycles. The molecule has 0 aromatic heterocycles. The molecule has 7 heteroatoms. The molecule has 30 heavy (non-hydrogen) atoms. The van der Waals surface area contributed by atoms with Crippen LogP contribution in [0.1, 0.15) is 11.1 Å². The van der Waals surface area contributed by atoms with Crippen molar-refractivity contribution < 1.29 is 17.9 Å². The van der Waals surface area contributed by atoms with Gasteiger partial charge in [0.25, 0.3) is 0 Å². The first-order chi connectivity index (χ1) is 14.4. The summed E-state index contributed by atoms with van der Waals surface area (Å²) in [5, 5.41) is 8.81. The van der Waals surface area contributed by atoms with Gasteiger partial charge in [0.1, 0.15) is 13.2 Å². The van der Waals surface area contributed by atoms with E-state index in [2.05, 4.69) is 0 Å². The minimum Gasteiger partial charge on any atom is -0.460 e. The van der Waals surface area contributed by atoms with Crippen LogP contribution in [-0.4, -0.2) is 32.3 Å². The van der Waals surface area contributed by atoms with Crippen molar-refractivity contribution in [3.63, 3.8) is 0 Å². The monoisotopic (exact) mass is 420 g/mol. The molecule has 0 saturated carbocycles. The van der Waals surface area contributed by atoms with Crippen molar-refractivity contribution in [3.05, 3.63) is 90.0 Å². The summed E-state index contributed by atoms with van der Waals surface area (Å²) in [4.78, 5) is 12.1. The summed E-state index contributed by atoms with van der Waals surface area (Å²) in [6.45, 7) is -0.358. The van der Waals surface area contributed by atoms with E-state index in [1.165, 1.54) is 31.3 Å². The topological polar surface area (TPSA) is 87.5 Å². The number of nitrogens with zero attached hydrogens (tertiary/aromatic N) is 2. The number of nitriles is 1. The first kappa shape index (κ1) is 21.2. The highest BCUT2D eigenvalue weighted by molar-refractivity contribution is 7.89. The SMILES string of the molecule is CN(CC(=O)OCc1ccc(-c2ccccc2)cc1)S(=O)(=O)c1ccc(C#N)cc1. The molecule has 0 fully saturated rings. The minimum atomic E-state index is -3.86. The molecule has 0 radical (unpaired) electrons. The molecular formula is C23H20N2O4S. The van der Waals surface area contributed by atoms with Crippen LogP contribution < -0.4 is 0 Å². The van der Waals surface area contributed by atoms with Gasteiger partial charge in [0, 0.05) is 7.05 Å². The first-order valence-corrected chi connectivity index (χ1v) is 10.6. The molecule has 3 aromatic rings. The molecule has 0 bridgehead atoms. The van der Waals surface area contributed by atoms with Crippen molar-refractivity contribution in [1.82, 2.24) is 4.31 Å². The summed E-state index contributed by atoms with van der Waals surface area (Å²) in [6, 6.07) is 25.0. The zero-order valence-corrected chi connectivity index (χ0v) is 17.2. The number of likely N-dealkylation sites (N-methyl/N-ethyl adjacent to an activating group) is 1. The Morgan fingerprint density at radius 1 is 0.933 bits per heavy atom. The van der Waals surface area contributed by atoms with E-state index in [-0.39, 0.29) is 11.5 Å². The quantitative estimate of drug-likeness (QED) is 0.545. The van der Waals surface area contributed by atoms with Gasteiger partial charge >= 0.3 is 5.97 Å². The lowest BCUT2D eigenvalue weighted by Crippen LogP contribution is -2.33. The Morgan fingerprint density at radius 3 is 2.13 bits per heavy atom. The van der Waals surface area contributed by atoms with E-state index in [4.69, 9.17) is 10.00 Å². The maximum absolute atomic E-state index is 12.5. The molecule has 0 aliphatic heterocycles. The van der Waals surface area contributed by atoms with E-state index in [9.17, 15) is 13.2 Å². The second-order valence-electron chi connectivity index (χ2n) is 6.62. The molecule has 0 aliphatic rings. The molecule has 0 spiro atoms. The van der Waals surface area contributed by atoms with Crippen molar-refractivity contribution in [3.8, 4) is 17.2 Å². The largest absolute Gasteiger partial charge is 0.460 e. The zero-order chi connectivity index (χ0) is 21.6. The third-order valence-electron chi connectivity index (χ3n) is 4.50. The second kappa shape index (κ2) is 9.35. The van der Waals surface area contributed by atoms with Gasteiger partial charge in [0.05, 0.1) is 16.5 Å². The van der Waals surface area contributed by atoms with Gasteiger partial charge in [-0.15, -0.1) is 0 Å². The summed E-state index contributed by atoms with van der Waals surface area (Å²) in [7, 11) is -2.55. The lowest BCUT2D eigenvalue weighted by Gasteiger charge is -2.16. The van der Waals surface area contributed by atoms with Gasteiger partial charge in [0.15, 0.2) is 0 Å². The van der Waals surface area contributed by atoms with E-state index >= 15 is 0 Å². The van der Waals surface area contributed by atoms with E-state index in [1.54, 1.807) is 0 Å². The minimum absolute atomic E-state index is 0.00769. The van der Waals surface area contributed by atoms with Crippen molar-refractivity contribution >= 4 is 16.0 Å². The lowest BCUT2D eigenvalue weighted by molar-refractivity contribution is -0.144. The van der Waals surface area contributed by atoms with Crippen molar-refractivity contribution in [2.75, 3.05) is 13.6 Å². The third-order valence-corrected chi connectivity index (χ3v) is 6.32. The molecule has 0 heterocycles. The van der Waals surface area contributed by atoms with Gasteiger partial charge in [-0.3, -0.25) is 4.79 Å². The number of hydrogen-bond acceptors (Lipinski definition) is 5. The van der Waals surface area contributed by atoms with E-state index in [0.29, 0.717) is 5.56 Å². The normalized spacial score (nSPS) is 11.1. The first-order valence-electron chi connectivity index (χ1n) is 9.16. The van der Waals surface area contributed by atoms with Crippen molar-refractivity contribution in [2.45, 2.75) is 11.5 Å². The number of benzene rings is 3. The van der Waals surface area contributed by atoms with Crippen LogP contribution in [0.2, 0.25) is 0 Å². The Morgan fingerprint density at radius 2 is 1.53 bits per heavy atom. The molecule has 0 unspecified atom stereocenters. The van der Waals surface area contributed by atoms with Gasteiger partial charge in [-0.2, -0.15) is 9.57 Å². The van der Waals surface area contributed by atoms with Crippen LogP contribution in [-0.2, 0) is 26.2 Å². The van der Waals surface area contributed by atoms with Crippen LogP contribution in [0.4, 0.5) is 0 Å². The fraction of sp³-hybridized carbons (Fsp3) is 0.130. The number of esters is 1. The predicted molar refractivity (Wildman–Crippen MR) is 113 cm³/mol. The van der Waals surface area contributed by atoms with Gasteiger partial charge in [0.2, 0.25) is 10.0 Å². The van der Waals surface area contributed by atoms with Crippen LogP contribution in [0.3, 0.4) is 0 Å². The fourth-order valence-electron chi connectivity index (χ4n) is 2.78. The molecule has 0 N–H and O–H groups in total. The lowest BCUT2D eigenvalue weighted by atomic mass is 10.0. The average Bonchev–Trinajstić information content (AvgIpc) is 2.78. The smallest absolute Gasteiger partial charge is 0.321 e. The van der Waals surface area contributed by atoms with Gasteiger partial charge < -0.3 is 4.74 Å². The number of carbonyl (C=O) groups excluding carboxylic acids is 1. The Balaban J connectivity index is 1.56. The zero-order valence-electron chi connectivity index (χ0n) is 16.4. The predicted octanol–water partition coefficient (Wildman–Crippen LogP) is 3.59. The van der Waals surface area contributed by atoms with Crippen LogP contribution in [0.5, 0.6) is 0 Å². The molecule has 3 aromatic carbocycles. The van der Waals surface area contributed by atoms with Crippen LogP contribution in [0, 0.1) is 11.3 Å². The second-order valence-corrected chi connectivity index (χ2v) is 8.67. The Hall–Kier alpha value is -3.47. The highest BCUT2D eigenvalue weighted by atomic mass is 32.2. The summed E-state index contributed by atoms with van der Waals surface area (Å²) in [6.07, 6.45) is 0. The number of rotatable bonds is 7. The van der Waals surface area contributed by atoms with Crippen LogP contribution in [0.15, 0.2) is 83.8 Å².